The molecule has 0 unspecified atom stereocenters. The van der Waals surface area contributed by atoms with Crippen LogP contribution in [0.2, 0.25) is 0 Å². The molecule has 0 amide bonds. The first-order valence-corrected chi connectivity index (χ1v) is 10.5. The second-order valence-corrected chi connectivity index (χ2v) is 7.76. The second-order valence-electron chi connectivity index (χ2n) is 7.76. The summed E-state index contributed by atoms with van der Waals surface area (Å²) in [5.74, 6) is 2.50. The van der Waals surface area contributed by atoms with Crippen molar-refractivity contribution in [3.05, 3.63) is 97.2 Å². The normalized spacial score (nSPS) is 11.2. The molecule has 0 aliphatic heterocycles. The minimum Gasteiger partial charge on any atom is -0.457 e. The lowest BCUT2D eigenvalue weighted by atomic mass is 10.1. The zero-order valence-electron chi connectivity index (χ0n) is 17.6. The molecule has 0 atom stereocenters. The van der Waals surface area contributed by atoms with Gasteiger partial charge in [-0.2, -0.15) is 0 Å². The van der Waals surface area contributed by atoms with Crippen molar-refractivity contribution in [2.24, 2.45) is 0 Å². The Balaban J connectivity index is 1.50. The number of nitrogens with zero attached hydrogens (tertiary/aromatic N) is 3. The van der Waals surface area contributed by atoms with Gasteiger partial charge in [-0.25, -0.2) is 4.98 Å². The number of para-hydroxylation sites is 2. The summed E-state index contributed by atoms with van der Waals surface area (Å²) in [7, 11) is 0. The molecule has 0 aliphatic carbocycles. The van der Waals surface area contributed by atoms with Gasteiger partial charge in [0.25, 0.3) is 0 Å². The summed E-state index contributed by atoms with van der Waals surface area (Å²) in [5, 5.41) is 0. The van der Waals surface area contributed by atoms with Gasteiger partial charge < -0.3 is 9.30 Å². The smallest absolute Gasteiger partial charge is 0.141 e. The molecular weight excluding hydrogens is 382 g/mol. The summed E-state index contributed by atoms with van der Waals surface area (Å²) in [5.41, 5.74) is 5.12. The Hall–Kier alpha value is -3.92. The molecule has 152 valence electrons. The summed E-state index contributed by atoms with van der Waals surface area (Å²) in [6.07, 6.45) is 1.80. The van der Waals surface area contributed by atoms with E-state index in [1.54, 1.807) is 6.20 Å². The Labute approximate surface area is 181 Å². The molecule has 2 heterocycles. The quantitative estimate of drug-likeness (QED) is 0.312. The van der Waals surface area contributed by atoms with Gasteiger partial charge in [-0.05, 0) is 62.4 Å². The molecule has 0 fully saturated rings. The highest BCUT2D eigenvalue weighted by atomic mass is 16.5. The average Bonchev–Trinajstić information content (AvgIpc) is 3.20. The highest BCUT2D eigenvalue weighted by molar-refractivity contribution is 5.81. The van der Waals surface area contributed by atoms with Gasteiger partial charge in [0.2, 0.25) is 0 Å². The number of ether oxygens (including phenoxy) is 1. The van der Waals surface area contributed by atoms with Gasteiger partial charge in [0.1, 0.15) is 17.3 Å². The largest absolute Gasteiger partial charge is 0.457 e. The first kappa shape index (κ1) is 19.1. The zero-order valence-corrected chi connectivity index (χ0v) is 17.6. The minimum atomic E-state index is 0.294. The lowest BCUT2D eigenvalue weighted by molar-refractivity contribution is 0.483. The van der Waals surface area contributed by atoms with Gasteiger partial charge >= 0.3 is 0 Å². The molecule has 0 aliphatic rings. The van der Waals surface area contributed by atoms with Crippen molar-refractivity contribution in [1.82, 2.24) is 14.5 Å². The van der Waals surface area contributed by atoms with Crippen molar-refractivity contribution in [2.75, 3.05) is 0 Å². The maximum absolute atomic E-state index is 6.21. The van der Waals surface area contributed by atoms with E-state index < -0.39 is 0 Å². The van der Waals surface area contributed by atoms with Crippen molar-refractivity contribution in [3.8, 4) is 34.1 Å². The minimum absolute atomic E-state index is 0.294. The van der Waals surface area contributed by atoms with Gasteiger partial charge in [-0.3, -0.25) is 4.98 Å². The first-order valence-electron chi connectivity index (χ1n) is 10.5. The monoisotopic (exact) mass is 405 g/mol. The third-order valence-corrected chi connectivity index (χ3v) is 5.23. The zero-order chi connectivity index (χ0) is 21.2. The molecule has 0 saturated carbocycles. The van der Waals surface area contributed by atoms with Crippen molar-refractivity contribution < 1.29 is 4.74 Å². The van der Waals surface area contributed by atoms with Gasteiger partial charge in [0.05, 0.1) is 16.7 Å². The van der Waals surface area contributed by atoms with E-state index in [4.69, 9.17) is 9.72 Å². The van der Waals surface area contributed by atoms with Crippen LogP contribution in [0.1, 0.15) is 19.9 Å². The van der Waals surface area contributed by atoms with Crippen LogP contribution in [0.4, 0.5) is 0 Å². The molecule has 0 N–H and O–H groups in total. The Morgan fingerprint density at radius 3 is 2.19 bits per heavy atom. The topological polar surface area (TPSA) is 39.9 Å². The predicted molar refractivity (Wildman–Crippen MR) is 125 cm³/mol. The Kier molecular flexibility index (Phi) is 4.97. The lowest BCUT2D eigenvalue weighted by Gasteiger charge is -2.14. The Morgan fingerprint density at radius 2 is 1.45 bits per heavy atom. The predicted octanol–water partition coefficient (Wildman–Crippen LogP) is 7.14. The average molecular weight is 406 g/mol. The number of fused-ring (bicyclic) bond motifs is 1. The summed E-state index contributed by atoms with van der Waals surface area (Å²) in [4.78, 5) is 9.34. The van der Waals surface area contributed by atoms with Crippen LogP contribution < -0.4 is 4.74 Å². The number of rotatable bonds is 5. The van der Waals surface area contributed by atoms with Crippen LogP contribution in [0.3, 0.4) is 0 Å². The van der Waals surface area contributed by atoms with Gasteiger partial charge in [0, 0.05) is 23.4 Å². The number of aromatic nitrogens is 3. The summed E-state index contributed by atoms with van der Waals surface area (Å²) >= 11 is 0. The molecule has 0 spiro atoms. The van der Waals surface area contributed by atoms with E-state index in [0.717, 1.165) is 45.2 Å². The number of hydrogen-bond donors (Lipinski definition) is 0. The van der Waals surface area contributed by atoms with Crippen LogP contribution >= 0.6 is 0 Å². The van der Waals surface area contributed by atoms with Gasteiger partial charge in [-0.15, -0.1) is 0 Å². The van der Waals surface area contributed by atoms with Gasteiger partial charge in [0.15, 0.2) is 0 Å². The standard InChI is InChI=1S/C27H23N3O/c1-19(2)30-26-15-4-3-14-25(26)29-27(30)21-10-8-12-23(18-21)31-22-11-7-9-20(17-22)24-13-5-6-16-28-24/h3-19H,1-2H3. The van der Waals surface area contributed by atoms with Crippen LogP contribution in [0.25, 0.3) is 33.7 Å². The van der Waals surface area contributed by atoms with E-state index in [0.29, 0.717) is 6.04 Å². The Bertz CT molecular complexity index is 1340. The molecule has 0 saturated heterocycles. The van der Waals surface area contributed by atoms with E-state index in [1.165, 1.54) is 0 Å². The van der Waals surface area contributed by atoms with Crippen LogP contribution in [0, 0.1) is 0 Å². The number of hydrogen-bond acceptors (Lipinski definition) is 3. The van der Waals surface area contributed by atoms with E-state index in [9.17, 15) is 0 Å². The highest BCUT2D eigenvalue weighted by Gasteiger charge is 2.15. The molecule has 4 nitrogen and oxygen atoms in total. The van der Waals surface area contributed by atoms with Crippen molar-refractivity contribution in [3.63, 3.8) is 0 Å². The highest BCUT2D eigenvalue weighted by Crippen LogP contribution is 2.32. The fourth-order valence-corrected chi connectivity index (χ4v) is 3.86. The molecule has 4 heteroatoms. The molecule has 5 rings (SSSR count). The van der Waals surface area contributed by atoms with E-state index in [-0.39, 0.29) is 0 Å². The molecule has 2 aromatic heterocycles. The van der Waals surface area contributed by atoms with Gasteiger partial charge in [-0.1, -0.05) is 42.5 Å². The van der Waals surface area contributed by atoms with E-state index in [1.807, 2.05) is 66.7 Å². The van der Waals surface area contributed by atoms with E-state index in [2.05, 4.69) is 47.7 Å². The van der Waals surface area contributed by atoms with Crippen LogP contribution in [0.5, 0.6) is 11.5 Å². The number of benzene rings is 3. The lowest BCUT2D eigenvalue weighted by Crippen LogP contribution is -2.03. The molecule has 0 bridgehead atoms. The van der Waals surface area contributed by atoms with Crippen LogP contribution in [-0.2, 0) is 0 Å². The molecule has 3 aromatic carbocycles. The summed E-state index contributed by atoms with van der Waals surface area (Å²) < 4.78 is 8.49. The fraction of sp³-hybridized carbons (Fsp3) is 0.111. The maximum Gasteiger partial charge on any atom is 0.141 e. The van der Waals surface area contributed by atoms with Crippen molar-refractivity contribution in [2.45, 2.75) is 19.9 Å². The van der Waals surface area contributed by atoms with E-state index >= 15 is 0 Å². The maximum atomic E-state index is 6.21. The number of imidazole rings is 1. The molecule has 5 aromatic rings. The van der Waals surface area contributed by atoms with Crippen molar-refractivity contribution >= 4 is 11.0 Å². The Morgan fingerprint density at radius 1 is 0.742 bits per heavy atom. The number of pyridine rings is 1. The van der Waals surface area contributed by atoms with Crippen molar-refractivity contribution in [1.29, 1.82) is 0 Å². The summed E-state index contributed by atoms with van der Waals surface area (Å²) in [6, 6.07) is 30.6. The molecule has 0 radical (unpaired) electrons. The molecule has 31 heavy (non-hydrogen) atoms. The SMILES string of the molecule is CC(C)n1c(-c2cccc(Oc3cccc(-c4ccccn4)c3)c2)nc2ccccc21. The third-order valence-electron chi connectivity index (χ3n) is 5.23. The van der Waals surface area contributed by atoms with Crippen LogP contribution in [-0.4, -0.2) is 14.5 Å². The first-order chi connectivity index (χ1) is 15.2. The summed E-state index contributed by atoms with van der Waals surface area (Å²) in [6.45, 7) is 4.36. The molecular formula is C27H23N3O. The third kappa shape index (κ3) is 3.80. The van der Waals surface area contributed by atoms with Crippen LogP contribution in [0.15, 0.2) is 97.2 Å². The second kappa shape index (κ2) is 8.07. The fourth-order valence-electron chi connectivity index (χ4n) is 3.86.